The third-order valence-electron chi connectivity index (χ3n) is 4.82. The predicted octanol–water partition coefficient (Wildman–Crippen LogP) is 4.12. The van der Waals surface area contributed by atoms with E-state index in [-0.39, 0.29) is 11.8 Å². The zero-order valence-electron chi connectivity index (χ0n) is 15.5. The molecule has 1 aliphatic rings. The molecule has 1 amide bonds. The second-order valence-corrected chi connectivity index (χ2v) is 8.18. The van der Waals surface area contributed by atoms with E-state index in [9.17, 15) is 4.79 Å². The van der Waals surface area contributed by atoms with E-state index in [1.54, 1.807) is 11.8 Å². The first kappa shape index (κ1) is 19.0. The Hall–Kier alpha value is -1.78. The molecule has 1 N–H and O–H groups in total. The van der Waals surface area contributed by atoms with Crippen molar-refractivity contribution in [3.63, 3.8) is 0 Å². The lowest BCUT2D eigenvalue weighted by atomic mass is 9.96. The van der Waals surface area contributed by atoms with Gasteiger partial charge in [-0.15, -0.1) is 11.8 Å². The number of rotatable bonds is 7. The highest BCUT2D eigenvalue weighted by Crippen LogP contribution is 2.20. The number of amides is 1. The van der Waals surface area contributed by atoms with Gasteiger partial charge in [-0.05, 0) is 44.0 Å². The van der Waals surface area contributed by atoms with E-state index >= 15 is 0 Å². The molecule has 0 radical (unpaired) electrons. The molecular weight excluding hydrogens is 340 g/mol. The van der Waals surface area contributed by atoms with Gasteiger partial charge in [-0.1, -0.05) is 48.0 Å². The van der Waals surface area contributed by atoms with Crippen molar-refractivity contribution in [2.24, 2.45) is 5.92 Å². The summed E-state index contributed by atoms with van der Waals surface area (Å²) in [5, 5.41) is 3.13. The number of hydrogen-bond donors (Lipinski definition) is 1. The second kappa shape index (κ2) is 9.79. The van der Waals surface area contributed by atoms with Crippen LogP contribution in [0.25, 0.3) is 0 Å². The molecule has 3 rings (SSSR count). The molecule has 138 valence electrons. The summed E-state index contributed by atoms with van der Waals surface area (Å²) in [6, 6.07) is 19.0. The van der Waals surface area contributed by atoms with Crippen molar-refractivity contribution in [1.82, 2.24) is 10.2 Å². The van der Waals surface area contributed by atoms with Crippen molar-refractivity contribution < 1.29 is 4.79 Å². The molecule has 1 unspecified atom stereocenters. The predicted molar refractivity (Wildman–Crippen MR) is 109 cm³/mol. The molecule has 1 heterocycles. The van der Waals surface area contributed by atoms with Gasteiger partial charge in [0.1, 0.15) is 0 Å². The largest absolute Gasteiger partial charge is 0.355 e. The van der Waals surface area contributed by atoms with Gasteiger partial charge in [-0.2, -0.15) is 0 Å². The fourth-order valence-corrected chi connectivity index (χ4v) is 4.16. The maximum absolute atomic E-state index is 12.5. The Morgan fingerprint density at radius 1 is 1.15 bits per heavy atom. The quantitative estimate of drug-likeness (QED) is 0.589. The summed E-state index contributed by atoms with van der Waals surface area (Å²) in [4.78, 5) is 16.2. The number of likely N-dealkylation sites (tertiary alicyclic amines) is 1. The first-order chi connectivity index (χ1) is 12.7. The second-order valence-electron chi connectivity index (χ2n) is 7.01. The lowest BCUT2D eigenvalue weighted by Crippen LogP contribution is -2.43. The number of carbonyl (C=O) groups is 1. The third-order valence-corrected chi connectivity index (χ3v) is 5.83. The van der Waals surface area contributed by atoms with E-state index in [1.165, 1.54) is 16.0 Å². The number of hydrogen-bond acceptors (Lipinski definition) is 3. The number of benzene rings is 2. The Balaban J connectivity index is 1.40. The lowest BCUT2D eigenvalue weighted by Gasteiger charge is -2.32. The lowest BCUT2D eigenvalue weighted by molar-refractivity contribution is -0.126. The van der Waals surface area contributed by atoms with E-state index in [1.807, 2.05) is 18.2 Å². The molecule has 26 heavy (non-hydrogen) atoms. The Morgan fingerprint density at radius 2 is 1.92 bits per heavy atom. The van der Waals surface area contributed by atoms with Crippen LogP contribution in [0.15, 0.2) is 59.5 Å². The van der Waals surface area contributed by atoms with E-state index < -0.39 is 0 Å². The van der Waals surface area contributed by atoms with Crippen molar-refractivity contribution in [2.45, 2.75) is 31.2 Å². The molecule has 1 atom stereocenters. The number of nitrogens with one attached hydrogen (secondary N) is 1. The molecule has 2 aromatic rings. The topological polar surface area (TPSA) is 32.3 Å². The highest BCUT2D eigenvalue weighted by Gasteiger charge is 2.25. The molecule has 0 spiro atoms. The summed E-state index contributed by atoms with van der Waals surface area (Å²) in [5.74, 6) is 1.25. The molecule has 0 aliphatic carbocycles. The number of carbonyl (C=O) groups excluding carboxylic acids is 1. The van der Waals surface area contributed by atoms with Gasteiger partial charge in [0.25, 0.3) is 0 Å². The number of piperidine rings is 1. The molecule has 0 bridgehead atoms. The molecule has 0 aromatic heterocycles. The minimum atomic E-state index is 0.121. The molecule has 1 aliphatic heterocycles. The molecule has 4 heteroatoms. The summed E-state index contributed by atoms with van der Waals surface area (Å²) < 4.78 is 0. The SMILES string of the molecule is Cc1ccc(CN2CCCC(C(=O)NCCSc3ccccc3)C2)cc1. The molecule has 1 saturated heterocycles. The molecule has 2 aromatic carbocycles. The molecular formula is C22H28N2OS. The van der Waals surface area contributed by atoms with Crippen LogP contribution in [0.4, 0.5) is 0 Å². The first-order valence-corrected chi connectivity index (χ1v) is 10.4. The van der Waals surface area contributed by atoms with E-state index in [2.05, 4.69) is 53.5 Å². The van der Waals surface area contributed by atoms with Gasteiger partial charge in [0, 0.05) is 30.3 Å². The fourth-order valence-electron chi connectivity index (χ4n) is 3.37. The van der Waals surface area contributed by atoms with Crippen molar-refractivity contribution in [3.05, 3.63) is 65.7 Å². The van der Waals surface area contributed by atoms with Crippen LogP contribution in [0.5, 0.6) is 0 Å². The fraction of sp³-hybridized carbons (Fsp3) is 0.409. The zero-order chi connectivity index (χ0) is 18.2. The number of thioether (sulfide) groups is 1. The van der Waals surface area contributed by atoms with Crippen molar-refractivity contribution in [2.75, 3.05) is 25.4 Å². The highest BCUT2D eigenvalue weighted by molar-refractivity contribution is 7.99. The Labute approximate surface area is 161 Å². The summed E-state index contributed by atoms with van der Waals surface area (Å²) in [6.07, 6.45) is 2.10. The monoisotopic (exact) mass is 368 g/mol. The highest BCUT2D eigenvalue weighted by atomic mass is 32.2. The van der Waals surface area contributed by atoms with Crippen LogP contribution in [-0.4, -0.2) is 36.2 Å². The van der Waals surface area contributed by atoms with Crippen LogP contribution in [0, 0.1) is 12.8 Å². The van der Waals surface area contributed by atoms with Crippen LogP contribution in [0.3, 0.4) is 0 Å². The van der Waals surface area contributed by atoms with Gasteiger partial charge in [0.2, 0.25) is 5.91 Å². The van der Waals surface area contributed by atoms with Gasteiger partial charge in [-0.25, -0.2) is 0 Å². The molecule has 3 nitrogen and oxygen atoms in total. The normalized spacial score (nSPS) is 17.8. The minimum Gasteiger partial charge on any atom is -0.355 e. The average Bonchev–Trinajstić information content (AvgIpc) is 2.68. The van der Waals surface area contributed by atoms with Crippen LogP contribution >= 0.6 is 11.8 Å². The maximum Gasteiger partial charge on any atom is 0.224 e. The van der Waals surface area contributed by atoms with Crippen LogP contribution in [0.1, 0.15) is 24.0 Å². The van der Waals surface area contributed by atoms with Gasteiger partial charge >= 0.3 is 0 Å². The van der Waals surface area contributed by atoms with Gasteiger partial charge in [-0.3, -0.25) is 9.69 Å². The Morgan fingerprint density at radius 3 is 2.69 bits per heavy atom. The Kier molecular flexibility index (Phi) is 7.15. The van der Waals surface area contributed by atoms with Crippen LogP contribution in [0.2, 0.25) is 0 Å². The smallest absolute Gasteiger partial charge is 0.224 e. The number of aryl methyl sites for hydroxylation is 1. The van der Waals surface area contributed by atoms with Gasteiger partial charge in [0.05, 0.1) is 5.92 Å². The van der Waals surface area contributed by atoms with E-state index in [0.29, 0.717) is 0 Å². The average molecular weight is 369 g/mol. The summed E-state index contributed by atoms with van der Waals surface area (Å²) in [5.41, 5.74) is 2.62. The number of nitrogens with zero attached hydrogens (tertiary/aromatic N) is 1. The molecule has 0 saturated carbocycles. The summed E-state index contributed by atoms with van der Waals surface area (Å²) >= 11 is 1.79. The summed E-state index contributed by atoms with van der Waals surface area (Å²) in [6.45, 7) is 5.73. The van der Waals surface area contributed by atoms with E-state index in [4.69, 9.17) is 0 Å². The van der Waals surface area contributed by atoms with Gasteiger partial charge in [0.15, 0.2) is 0 Å². The van der Waals surface area contributed by atoms with Crippen molar-refractivity contribution >= 4 is 17.7 Å². The van der Waals surface area contributed by atoms with E-state index in [0.717, 1.165) is 44.8 Å². The van der Waals surface area contributed by atoms with Crippen molar-refractivity contribution in [1.29, 1.82) is 0 Å². The zero-order valence-corrected chi connectivity index (χ0v) is 16.3. The van der Waals surface area contributed by atoms with Crippen LogP contribution in [-0.2, 0) is 11.3 Å². The Bertz CT molecular complexity index is 687. The minimum absolute atomic E-state index is 0.121. The standard InChI is InChI=1S/C22H28N2OS/c1-18-9-11-19(12-10-18)16-24-14-5-6-20(17-24)22(25)23-13-15-26-21-7-3-2-4-8-21/h2-4,7-12,20H,5-6,13-17H2,1H3,(H,23,25). The van der Waals surface area contributed by atoms with Gasteiger partial charge < -0.3 is 5.32 Å². The summed E-state index contributed by atoms with van der Waals surface area (Å²) in [7, 11) is 0. The van der Waals surface area contributed by atoms with Crippen molar-refractivity contribution in [3.8, 4) is 0 Å². The third kappa shape index (κ3) is 5.89. The first-order valence-electron chi connectivity index (χ1n) is 9.44. The van der Waals surface area contributed by atoms with Crippen LogP contribution < -0.4 is 5.32 Å². The molecule has 1 fully saturated rings. The maximum atomic E-state index is 12.5.